The molecule has 5 heteroatoms. The second-order valence-corrected chi connectivity index (χ2v) is 7.26. The first kappa shape index (κ1) is 18.4. The molecular weight excluding hydrogens is 288 g/mol. The van der Waals surface area contributed by atoms with Crippen LogP contribution in [0.15, 0.2) is 0 Å². The lowest BCUT2D eigenvalue weighted by Gasteiger charge is -2.32. The highest BCUT2D eigenvalue weighted by Crippen LogP contribution is 2.24. The topological polar surface area (TPSA) is 44.5 Å². The van der Waals surface area contributed by atoms with Gasteiger partial charge < -0.3 is 10.0 Å². The largest absolute Gasteiger partial charge is 0.394 e. The van der Waals surface area contributed by atoms with Crippen molar-refractivity contribution in [2.75, 3.05) is 40.3 Å². The van der Waals surface area contributed by atoms with Crippen LogP contribution in [-0.2, 0) is 13.1 Å². The van der Waals surface area contributed by atoms with E-state index >= 15 is 0 Å². The highest BCUT2D eigenvalue weighted by Gasteiger charge is 2.21. The third-order valence-corrected chi connectivity index (χ3v) is 5.15. The maximum Gasteiger partial charge on any atom is 0.0644 e. The smallest absolute Gasteiger partial charge is 0.0644 e. The molecule has 0 unspecified atom stereocenters. The van der Waals surface area contributed by atoms with Crippen LogP contribution in [0.4, 0.5) is 0 Å². The summed E-state index contributed by atoms with van der Waals surface area (Å²) < 4.78 is 1.94. The summed E-state index contributed by atoms with van der Waals surface area (Å²) in [7, 11) is 4.31. The molecule has 23 heavy (non-hydrogen) atoms. The van der Waals surface area contributed by atoms with E-state index < -0.39 is 0 Å². The van der Waals surface area contributed by atoms with E-state index in [9.17, 15) is 0 Å². The van der Waals surface area contributed by atoms with Gasteiger partial charge in [-0.15, -0.1) is 0 Å². The van der Waals surface area contributed by atoms with Crippen LogP contribution in [0, 0.1) is 19.8 Å². The van der Waals surface area contributed by atoms with Crippen LogP contribution in [0.2, 0.25) is 0 Å². The van der Waals surface area contributed by atoms with E-state index in [1.165, 1.54) is 56.6 Å². The molecule has 2 rings (SSSR count). The lowest BCUT2D eigenvalue weighted by atomic mass is 9.92. The first-order chi connectivity index (χ1) is 11.0. The fourth-order valence-electron chi connectivity index (χ4n) is 3.63. The summed E-state index contributed by atoms with van der Waals surface area (Å²) in [5.41, 5.74) is 3.68. The van der Waals surface area contributed by atoms with E-state index in [0.717, 1.165) is 18.2 Å². The van der Waals surface area contributed by atoms with Crippen LogP contribution in [0.5, 0.6) is 0 Å². The highest BCUT2D eigenvalue weighted by atomic mass is 16.3. The molecule has 1 fully saturated rings. The van der Waals surface area contributed by atoms with Gasteiger partial charge in [0.1, 0.15) is 0 Å². The Kier molecular flexibility index (Phi) is 7.06. The molecule has 0 spiro atoms. The molecular formula is C18H34N4O. The van der Waals surface area contributed by atoms with Crippen LogP contribution in [0.25, 0.3) is 0 Å². The zero-order valence-corrected chi connectivity index (χ0v) is 15.4. The molecule has 2 heterocycles. The minimum atomic E-state index is 0.153. The van der Waals surface area contributed by atoms with Gasteiger partial charge in [-0.25, -0.2) is 0 Å². The Morgan fingerprint density at radius 2 is 1.91 bits per heavy atom. The van der Waals surface area contributed by atoms with E-state index in [1.54, 1.807) is 0 Å². The van der Waals surface area contributed by atoms with Crippen molar-refractivity contribution >= 4 is 0 Å². The van der Waals surface area contributed by atoms with Gasteiger partial charge in [0.2, 0.25) is 0 Å². The van der Waals surface area contributed by atoms with E-state index in [2.05, 4.69) is 42.8 Å². The molecule has 0 amide bonds. The molecule has 1 aromatic rings. The number of rotatable bonds is 8. The summed E-state index contributed by atoms with van der Waals surface area (Å²) in [5, 5.41) is 13.7. The van der Waals surface area contributed by atoms with Crippen molar-refractivity contribution in [2.45, 2.75) is 52.6 Å². The van der Waals surface area contributed by atoms with E-state index in [4.69, 9.17) is 5.11 Å². The van der Waals surface area contributed by atoms with Crippen LogP contribution >= 0.6 is 0 Å². The number of aryl methyl sites for hydroxylation is 1. The van der Waals surface area contributed by atoms with Gasteiger partial charge in [-0.1, -0.05) is 0 Å². The zero-order chi connectivity index (χ0) is 16.8. The minimum absolute atomic E-state index is 0.153. The number of likely N-dealkylation sites (tertiary alicyclic amines) is 1. The van der Waals surface area contributed by atoms with Crippen LogP contribution in [0.3, 0.4) is 0 Å². The molecule has 0 atom stereocenters. The number of aliphatic hydroxyl groups is 1. The summed E-state index contributed by atoms with van der Waals surface area (Å²) >= 11 is 0. The summed E-state index contributed by atoms with van der Waals surface area (Å²) in [6, 6.07) is 0. The average molecular weight is 322 g/mol. The monoisotopic (exact) mass is 322 g/mol. The molecule has 132 valence electrons. The third kappa shape index (κ3) is 5.30. The maximum atomic E-state index is 9.13. The Morgan fingerprint density at radius 1 is 1.22 bits per heavy atom. The first-order valence-corrected chi connectivity index (χ1v) is 9.02. The summed E-state index contributed by atoms with van der Waals surface area (Å²) in [5.74, 6) is 0.908. The fraction of sp³-hybridized carbons (Fsp3) is 0.833. The molecule has 0 aromatic carbocycles. The normalized spacial score (nSPS) is 17.3. The Balaban J connectivity index is 1.80. The van der Waals surface area contributed by atoms with Gasteiger partial charge in [-0.3, -0.25) is 9.58 Å². The van der Waals surface area contributed by atoms with Gasteiger partial charge in [-0.05, 0) is 79.2 Å². The van der Waals surface area contributed by atoms with Crippen molar-refractivity contribution in [3.05, 3.63) is 17.0 Å². The fourth-order valence-corrected chi connectivity index (χ4v) is 3.63. The van der Waals surface area contributed by atoms with Crippen molar-refractivity contribution < 1.29 is 5.11 Å². The Morgan fingerprint density at radius 3 is 2.52 bits per heavy atom. The SMILES string of the molecule is Cc1nn(CCO)c(C)c1CN1CCC(CCCN(C)C)CC1. The second-order valence-electron chi connectivity index (χ2n) is 7.26. The van der Waals surface area contributed by atoms with Gasteiger partial charge in [0.25, 0.3) is 0 Å². The lowest BCUT2D eigenvalue weighted by molar-refractivity contribution is 0.168. The van der Waals surface area contributed by atoms with E-state index in [-0.39, 0.29) is 6.61 Å². The van der Waals surface area contributed by atoms with Crippen molar-refractivity contribution in [2.24, 2.45) is 5.92 Å². The van der Waals surface area contributed by atoms with Crippen molar-refractivity contribution in [3.63, 3.8) is 0 Å². The lowest BCUT2D eigenvalue weighted by Crippen LogP contribution is -2.33. The number of piperidine rings is 1. The third-order valence-electron chi connectivity index (χ3n) is 5.15. The Hall–Kier alpha value is -0.910. The van der Waals surface area contributed by atoms with E-state index in [1.807, 2.05) is 4.68 Å². The minimum Gasteiger partial charge on any atom is -0.394 e. The standard InChI is InChI=1S/C18H34N4O/c1-15-18(16(2)22(19-15)12-13-23)14-21-10-7-17(8-11-21)6-5-9-20(3)4/h17,23H,5-14H2,1-4H3. The van der Waals surface area contributed by atoms with Gasteiger partial charge in [0.15, 0.2) is 0 Å². The molecule has 1 N–H and O–H groups in total. The molecule has 0 bridgehead atoms. The van der Waals surface area contributed by atoms with Crippen molar-refractivity contribution in [1.82, 2.24) is 19.6 Å². The molecule has 0 radical (unpaired) electrons. The summed E-state index contributed by atoms with van der Waals surface area (Å²) in [4.78, 5) is 4.85. The number of aromatic nitrogens is 2. The van der Waals surface area contributed by atoms with Crippen molar-refractivity contribution in [1.29, 1.82) is 0 Å². The second kappa shape index (κ2) is 8.81. The Labute approximate surface area is 141 Å². The quantitative estimate of drug-likeness (QED) is 0.795. The van der Waals surface area contributed by atoms with Gasteiger partial charge in [0, 0.05) is 17.8 Å². The van der Waals surface area contributed by atoms with E-state index in [0.29, 0.717) is 6.54 Å². The average Bonchev–Trinajstić information content (AvgIpc) is 2.77. The molecule has 5 nitrogen and oxygen atoms in total. The summed E-state index contributed by atoms with van der Waals surface area (Å²) in [6.45, 7) is 9.59. The first-order valence-electron chi connectivity index (χ1n) is 9.02. The molecule has 1 aromatic heterocycles. The number of nitrogens with zero attached hydrogens (tertiary/aromatic N) is 4. The van der Waals surface area contributed by atoms with Crippen molar-refractivity contribution in [3.8, 4) is 0 Å². The summed E-state index contributed by atoms with van der Waals surface area (Å²) in [6.07, 6.45) is 5.36. The zero-order valence-electron chi connectivity index (χ0n) is 15.4. The highest BCUT2D eigenvalue weighted by molar-refractivity contribution is 5.24. The predicted octanol–water partition coefficient (Wildman–Crippen LogP) is 2.05. The molecule has 0 saturated carbocycles. The Bertz CT molecular complexity index is 476. The predicted molar refractivity (Wildman–Crippen MR) is 94.6 cm³/mol. The number of hydrogen-bond donors (Lipinski definition) is 1. The van der Waals surface area contributed by atoms with Gasteiger partial charge in [-0.2, -0.15) is 5.10 Å². The molecule has 0 aliphatic carbocycles. The van der Waals surface area contributed by atoms with Gasteiger partial charge in [0.05, 0.1) is 18.8 Å². The number of aliphatic hydroxyl groups excluding tert-OH is 1. The van der Waals surface area contributed by atoms with Crippen LogP contribution in [-0.4, -0.2) is 65.0 Å². The van der Waals surface area contributed by atoms with Gasteiger partial charge >= 0.3 is 0 Å². The molecule has 1 aliphatic heterocycles. The molecule has 1 saturated heterocycles. The number of hydrogen-bond acceptors (Lipinski definition) is 4. The van der Waals surface area contributed by atoms with Crippen LogP contribution < -0.4 is 0 Å². The maximum absolute atomic E-state index is 9.13. The molecule has 1 aliphatic rings. The van der Waals surface area contributed by atoms with Crippen LogP contribution in [0.1, 0.15) is 42.6 Å².